The number of aliphatic carboxylic acids is 1. The number of carboxylic acids is 1. The molecule has 268 valence electrons. The predicted octanol–water partition coefficient (Wildman–Crippen LogP) is 13.6. The van der Waals surface area contributed by atoms with E-state index in [1.54, 1.807) is 0 Å². The molecule has 0 atom stereocenters. The van der Waals surface area contributed by atoms with Crippen molar-refractivity contribution < 1.29 is 14.7 Å². The molecule has 0 aromatic rings. The van der Waals surface area contributed by atoms with Crippen LogP contribution in [0.2, 0.25) is 0 Å². The molecule has 0 saturated carbocycles. The zero-order valence-electron chi connectivity index (χ0n) is 30.9. The Hall–Kier alpha value is -1.06. The average molecular weight is 636 g/mol. The van der Waals surface area contributed by atoms with Gasteiger partial charge in [0.05, 0.1) is 0 Å². The number of nitrogens with zero attached hydrogens (tertiary/aromatic N) is 1. The summed E-state index contributed by atoms with van der Waals surface area (Å²) in [6, 6.07) is 0. The number of hydrogen-bond donors (Lipinski definition) is 1. The normalized spacial score (nSPS) is 11.3. The van der Waals surface area contributed by atoms with Gasteiger partial charge < -0.3 is 10.0 Å². The van der Waals surface area contributed by atoms with Gasteiger partial charge >= 0.3 is 5.97 Å². The van der Waals surface area contributed by atoms with Crippen LogP contribution >= 0.6 is 0 Å². The number of carbonyl (C=O) groups excluding carboxylic acids is 1. The van der Waals surface area contributed by atoms with Gasteiger partial charge in [0.2, 0.25) is 5.91 Å². The molecule has 0 heterocycles. The van der Waals surface area contributed by atoms with Crippen LogP contribution in [-0.2, 0) is 9.59 Å². The molecule has 4 heteroatoms. The van der Waals surface area contributed by atoms with Gasteiger partial charge in [0, 0.05) is 25.9 Å². The number of unbranched alkanes of at least 4 members (excludes halogenated alkanes) is 30. The number of rotatable bonds is 38. The summed E-state index contributed by atoms with van der Waals surface area (Å²) in [7, 11) is 0. The zero-order valence-corrected chi connectivity index (χ0v) is 30.9. The molecule has 1 amide bonds. The average Bonchev–Trinajstić information content (AvgIpc) is 3.03. The van der Waals surface area contributed by atoms with Crippen molar-refractivity contribution in [3.63, 3.8) is 0 Å². The van der Waals surface area contributed by atoms with Gasteiger partial charge in [0.25, 0.3) is 0 Å². The van der Waals surface area contributed by atoms with Crippen molar-refractivity contribution in [1.82, 2.24) is 4.90 Å². The summed E-state index contributed by atoms with van der Waals surface area (Å²) in [5.41, 5.74) is 0. The third-order valence-corrected chi connectivity index (χ3v) is 9.70. The van der Waals surface area contributed by atoms with E-state index in [1.165, 1.54) is 193 Å². The van der Waals surface area contributed by atoms with Crippen molar-refractivity contribution >= 4 is 11.9 Å². The lowest BCUT2D eigenvalue weighted by Gasteiger charge is -2.23. The van der Waals surface area contributed by atoms with E-state index in [4.69, 9.17) is 5.11 Å². The van der Waals surface area contributed by atoms with E-state index in [2.05, 4.69) is 18.7 Å². The summed E-state index contributed by atoms with van der Waals surface area (Å²) >= 11 is 0. The lowest BCUT2D eigenvalue weighted by atomic mass is 10.0. The highest BCUT2D eigenvalue weighted by Crippen LogP contribution is 2.16. The first-order valence-corrected chi connectivity index (χ1v) is 20.6. The van der Waals surface area contributed by atoms with Gasteiger partial charge in [-0.05, 0) is 19.3 Å². The molecule has 0 unspecified atom stereocenters. The van der Waals surface area contributed by atoms with Crippen LogP contribution in [0, 0.1) is 0 Å². The topological polar surface area (TPSA) is 57.6 Å². The third-order valence-electron chi connectivity index (χ3n) is 9.70. The van der Waals surface area contributed by atoms with Crippen molar-refractivity contribution in [2.45, 2.75) is 239 Å². The van der Waals surface area contributed by atoms with Crippen molar-refractivity contribution in [2.75, 3.05) is 13.1 Å². The van der Waals surface area contributed by atoms with Crippen LogP contribution in [0.3, 0.4) is 0 Å². The lowest BCUT2D eigenvalue weighted by molar-refractivity contribution is -0.137. The fraction of sp³-hybridized carbons (Fsp3) is 0.951. The summed E-state index contributed by atoms with van der Waals surface area (Å²) < 4.78 is 0. The number of amides is 1. The summed E-state index contributed by atoms with van der Waals surface area (Å²) in [6.45, 7) is 6.27. The van der Waals surface area contributed by atoms with Gasteiger partial charge in [-0.3, -0.25) is 9.59 Å². The van der Waals surface area contributed by atoms with Crippen molar-refractivity contribution in [2.24, 2.45) is 0 Å². The first-order chi connectivity index (χ1) is 22.1. The van der Waals surface area contributed by atoms with E-state index in [0.717, 1.165) is 25.9 Å². The number of carbonyl (C=O) groups is 2. The van der Waals surface area contributed by atoms with Crippen LogP contribution in [0.4, 0.5) is 0 Å². The highest BCUT2D eigenvalue weighted by Gasteiger charge is 2.13. The third kappa shape index (κ3) is 35.6. The van der Waals surface area contributed by atoms with Crippen LogP contribution in [0.15, 0.2) is 0 Å². The molecule has 0 bridgehead atoms. The first-order valence-electron chi connectivity index (χ1n) is 20.6. The van der Waals surface area contributed by atoms with Crippen molar-refractivity contribution in [1.29, 1.82) is 0 Å². The largest absolute Gasteiger partial charge is 0.481 e. The smallest absolute Gasteiger partial charge is 0.303 e. The second-order valence-electron chi connectivity index (χ2n) is 14.2. The SMILES string of the molecule is CCCCCCCCCCCCCCCCCCN(CCCCCCCCCCCCCCCCCC)C(=O)CCCC(=O)O. The van der Waals surface area contributed by atoms with Gasteiger partial charge in [-0.1, -0.05) is 206 Å². The first kappa shape index (κ1) is 43.9. The minimum Gasteiger partial charge on any atom is -0.481 e. The van der Waals surface area contributed by atoms with Crippen molar-refractivity contribution in [3.8, 4) is 0 Å². The monoisotopic (exact) mass is 636 g/mol. The highest BCUT2D eigenvalue weighted by molar-refractivity contribution is 5.77. The zero-order chi connectivity index (χ0) is 32.9. The molecule has 0 aromatic heterocycles. The second kappa shape index (κ2) is 37.4. The summed E-state index contributed by atoms with van der Waals surface area (Å²) in [5.74, 6) is -0.636. The molecule has 0 spiro atoms. The van der Waals surface area contributed by atoms with Crippen LogP contribution in [-0.4, -0.2) is 35.0 Å². The highest BCUT2D eigenvalue weighted by atomic mass is 16.4. The standard InChI is InChI=1S/C41H81NO3/c1-3-5-7-9-11-13-15-17-19-21-23-25-27-29-31-33-38-42(40(43)36-35-37-41(44)45)39-34-32-30-28-26-24-22-20-18-16-14-12-10-8-6-4-2/h3-39H2,1-2H3,(H,44,45). The molecule has 0 aliphatic heterocycles. The summed E-state index contributed by atoms with van der Waals surface area (Å²) in [4.78, 5) is 25.8. The fourth-order valence-corrected chi connectivity index (χ4v) is 6.61. The molecule has 0 rings (SSSR count). The Morgan fingerprint density at radius 1 is 0.356 bits per heavy atom. The van der Waals surface area contributed by atoms with Gasteiger partial charge in [0.1, 0.15) is 0 Å². The van der Waals surface area contributed by atoms with Gasteiger partial charge in [0.15, 0.2) is 0 Å². The molecule has 0 aliphatic carbocycles. The minimum absolute atomic E-state index is 0.0949. The van der Waals surface area contributed by atoms with Gasteiger partial charge in [-0.25, -0.2) is 0 Å². The summed E-state index contributed by atoms with van der Waals surface area (Å²) in [5, 5.41) is 8.96. The maximum atomic E-state index is 12.8. The molecule has 0 radical (unpaired) electrons. The molecule has 0 fully saturated rings. The predicted molar refractivity (Wildman–Crippen MR) is 197 cm³/mol. The lowest BCUT2D eigenvalue weighted by Crippen LogP contribution is -2.33. The van der Waals surface area contributed by atoms with Crippen molar-refractivity contribution in [3.05, 3.63) is 0 Å². The maximum Gasteiger partial charge on any atom is 0.303 e. The van der Waals surface area contributed by atoms with Gasteiger partial charge in [-0.2, -0.15) is 0 Å². The Morgan fingerprint density at radius 3 is 0.844 bits per heavy atom. The Balaban J connectivity index is 3.82. The molecule has 0 saturated heterocycles. The fourth-order valence-electron chi connectivity index (χ4n) is 6.61. The molecule has 4 nitrogen and oxygen atoms in total. The van der Waals surface area contributed by atoms with E-state index < -0.39 is 5.97 Å². The van der Waals surface area contributed by atoms with Gasteiger partial charge in [-0.15, -0.1) is 0 Å². The molecule has 0 aromatic carbocycles. The van der Waals surface area contributed by atoms with E-state index >= 15 is 0 Å². The van der Waals surface area contributed by atoms with E-state index in [9.17, 15) is 9.59 Å². The van der Waals surface area contributed by atoms with E-state index in [1.807, 2.05) is 0 Å². The molecule has 1 N–H and O–H groups in total. The number of carboxylic acid groups (broad SMARTS) is 1. The molecular weight excluding hydrogens is 554 g/mol. The van der Waals surface area contributed by atoms with E-state index in [0.29, 0.717) is 12.8 Å². The number of hydrogen-bond acceptors (Lipinski definition) is 2. The molecular formula is C41H81NO3. The van der Waals surface area contributed by atoms with Crippen LogP contribution in [0.25, 0.3) is 0 Å². The maximum absolute atomic E-state index is 12.8. The Kier molecular flexibility index (Phi) is 36.5. The Bertz CT molecular complexity index is 572. The summed E-state index contributed by atoms with van der Waals surface area (Å²) in [6.07, 6.45) is 44.4. The van der Waals surface area contributed by atoms with Crippen LogP contribution < -0.4 is 0 Å². The van der Waals surface area contributed by atoms with Crippen LogP contribution in [0.1, 0.15) is 239 Å². The Labute approximate surface area is 282 Å². The second-order valence-corrected chi connectivity index (χ2v) is 14.2. The van der Waals surface area contributed by atoms with E-state index in [-0.39, 0.29) is 12.3 Å². The minimum atomic E-state index is -0.801. The molecule has 45 heavy (non-hydrogen) atoms. The Morgan fingerprint density at radius 2 is 0.600 bits per heavy atom. The quantitative estimate of drug-likeness (QED) is 0.0687. The van der Waals surface area contributed by atoms with Crippen LogP contribution in [0.5, 0.6) is 0 Å². The molecule has 0 aliphatic rings.